The molecule has 1 saturated heterocycles. The minimum Gasteiger partial charge on any atom is -0.464 e. The van der Waals surface area contributed by atoms with Crippen molar-refractivity contribution in [2.24, 2.45) is 0 Å². The van der Waals surface area contributed by atoms with E-state index in [0.29, 0.717) is 18.0 Å². The van der Waals surface area contributed by atoms with Gasteiger partial charge >= 0.3 is 11.9 Å². The van der Waals surface area contributed by atoms with Gasteiger partial charge in [0.1, 0.15) is 11.0 Å². The third kappa shape index (κ3) is 4.95. The zero-order valence-corrected chi connectivity index (χ0v) is 16.4. The number of piperidine rings is 1. The Morgan fingerprint density at radius 3 is 2.86 bits per heavy atom. The lowest BCUT2D eigenvalue weighted by Crippen LogP contribution is -2.50. The largest absolute Gasteiger partial charge is 0.464 e. The first kappa shape index (κ1) is 20.0. The van der Waals surface area contributed by atoms with Crippen molar-refractivity contribution in [2.45, 2.75) is 32.2 Å². The Hall–Kier alpha value is -2.74. The van der Waals surface area contributed by atoms with Crippen LogP contribution in [0.15, 0.2) is 30.3 Å². The molecule has 0 aliphatic carbocycles. The van der Waals surface area contributed by atoms with Crippen molar-refractivity contribution in [3.05, 3.63) is 35.3 Å². The Labute approximate surface area is 166 Å². The molecule has 0 spiro atoms. The Morgan fingerprint density at radius 2 is 2.07 bits per heavy atom. The Kier molecular flexibility index (Phi) is 6.76. The number of fused-ring (bicyclic) bond motifs is 1. The summed E-state index contributed by atoms with van der Waals surface area (Å²) in [4.78, 5) is 42.3. The number of hydrogen-bond acceptors (Lipinski definition) is 7. The van der Waals surface area contributed by atoms with Crippen molar-refractivity contribution >= 4 is 45.5 Å². The molecule has 148 valence electrons. The van der Waals surface area contributed by atoms with E-state index < -0.39 is 24.6 Å². The maximum Gasteiger partial charge on any atom is 0.331 e. The van der Waals surface area contributed by atoms with Crippen LogP contribution in [0.1, 0.15) is 31.2 Å². The molecule has 1 aromatic heterocycles. The van der Waals surface area contributed by atoms with Crippen LogP contribution in [-0.2, 0) is 23.9 Å². The summed E-state index contributed by atoms with van der Waals surface area (Å²) in [5.74, 6) is -1.42. The number of carbonyl (C=O) groups is 3. The lowest BCUT2D eigenvalue weighted by Gasteiger charge is -2.33. The molecule has 0 radical (unpaired) electrons. The van der Waals surface area contributed by atoms with Crippen LogP contribution in [0.25, 0.3) is 16.3 Å². The van der Waals surface area contributed by atoms with Gasteiger partial charge < -0.3 is 14.4 Å². The number of aromatic nitrogens is 1. The van der Waals surface area contributed by atoms with Gasteiger partial charge in [0, 0.05) is 12.6 Å². The van der Waals surface area contributed by atoms with E-state index in [1.165, 1.54) is 22.3 Å². The van der Waals surface area contributed by atoms with Crippen molar-refractivity contribution in [1.29, 1.82) is 0 Å². The number of thiazole rings is 1. The van der Waals surface area contributed by atoms with Gasteiger partial charge in [0.25, 0.3) is 5.91 Å². The number of esters is 2. The summed E-state index contributed by atoms with van der Waals surface area (Å²) in [6.45, 7) is 2.05. The van der Waals surface area contributed by atoms with Crippen LogP contribution in [0.2, 0.25) is 0 Å². The lowest BCUT2D eigenvalue weighted by molar-refractivity contribution is -0.159. The van der Waals surface area contributed by atoms with E-state index >= 15 is 0 Å². The fraction of sp³-hybridized carbons (Fsp3) is 0.400. The molecule has 1 fully saturated rings. The van der Waals surface area contributed by atoms with Gasteiger partial charge in [-0.25, -0.2) is 14.6 Å². The van der Waals surface area contributed by atoms with Crippen molar-refractivity contribution in [3.8, 4) is 0 Å². The molecule has 8 heteroatoms. The molecule has 3 rings (SSSR count). The van der Waals surface area contributed by atoms with Gasteiger partial charge in [0.2, 0.25) is 0 Å². The Morgan fingerprint density at radius 1 is 1.25 bits per heavy atom. The van der Waals surface area contributed by atoms with Crippen LogP contribution < -0.4 is 0 Å². The third-order valence-corrected chi connectivity index (χ3v) is 5.39. The first-order valence-corrected chi connectivity index (χ1v) is 10.1. The van der Waals surface area contributed by atoms with Crippen LogP contribution in [0, 0.1) is 0 Å². The van der Waals surface area contributed by atoms with E-state index in [9.17, 15) is 14.4 Å². The van der Waals surface area contributed by atoms with Crippen LogP contribution >= 0.6 is 11.3 Å². The minimum absolute atomic E-state index is 0.267. The van der Waals surface area contributed by atoms with E-state index in [-0.39, 0.29) is 12.5 Å². The summed E-state index contributed by atoms with van der Waals surface area (Å²) in [7, 11) is 0. The fourth-order valence-electron chi connectivity index (χ4n) is 3.08. The summed E-state index contributed by atoms with van der Waals surface area (Å²) in [6.07, 6.45) is 5.06. The summed E-state index contributed by atoms with van der Waals surface area (Å²) < 4.78 is 11.1. The lowest BCUT2D eigenvalue weighted by atomic mass is 10.0. The number of amides is 1. The Bertz CT molecular complexity index is 859. The number of nitrogens with zero attached hydrogens (tertiary/aromatic N) is 2. The van der Waals surface area contributed by atoms with E-state index in [0.717, 1.165) is 23.1 Å². The maximum absolute atomic E-state index is 12.4. The summed E-state index contributed by atoms with van der Waals surface area (Å²) in [6, 6.07) is 7.09. The van der Waals surface area contributed by atoms with Gasteiger partial charge in [-0.3, -0.25) is 4.79 Å². The second-order valence-corrected chi connectivity index (χ2v) is 7.37. The molecule has 1 aromatic carbocycles. The van der Waals surface area contributed by atoms with Crippen LogP contribution in [0.4, 0.5) is 0 Å². The first-order valence-electron chi connectivity index (χ1n) is 9.25. The number of carbonyl (C=O) groups excluding carboxylic acids is 3. The molecule has 0 bridgehead atoms. The van der Waals surface area contributed by atoms with Gasteiger partial charge in [0.15, 0.2) is 6.61 Å². The molecule has 0 saturated carbocycles. The second kappa shape index (κ2) is 9.45. The molecule has 1 amide bonds. The van der Waals surface area contributed by atoms with Gasteiger partial charge in [0.05, 0.1) is 16.8 Å². The van der Waals surface area contributed by atoms with Crippen LogP contribution in [0.5, 0.6) is 0 Å². The molecular formula is C20H22N2O5S. The second-order valence-electron chi connectivity index (χ2n) is 6.31. The molecule has 1 atom stereocenters. The molecule has 2 aromatic rings. The quantitative estimate of drug-likeness (QED) is 0.546. The molecule has 0 unspecified atom stereocenters. The molecule has 28 heavy (non-hydrogen) atoms. The average molecular weight is 402 g/mol. The standard InChI is InChI=1S/C20H22N2O5S/c1-2-26-20(25)15-8-5-6-12-22(15)18(23)13-27-19(24)11-10-17-21-14-7-3-4-9-16(14)28-17/h3-4,7,9-11,15H,2,5-6,8,12-13H2,1H3/b11-10+/t15-/m0/s1. The number of para-hydroxylation sites is 1. The van der Waals surface area contributed by atoms with Crippen LogP contribution in [0.3, 0.4) is 0 Å². The molecular weight excluding hydrogens is 380 g/mol. The van der Waals surface area contributed by atoms with Crippen molar-refractivity contribution in [3.63, 3.8) is 0 Å². The monoisotopic (exact) mass is 402 g/mol. The smallest absolute Gasteiger partial charge is 0.331 e. The predicted molar refractivity (Wildman–Crippen MR) is 106 cm³/mol. The van der Waals surface area contributed by atoms with E-state index in [4.69, 9.17) is 9.47 Å². The van der Waals surface area contributed by atoms with Gasteiger partial charge in [-0.05, 0) is 44.4 Å². The molecule has 1 aliphatic rings. The summed E-state index contributed by atoms with van der Waals surface area (Å²) >= 11 is 1.46. The maximum atomic E-state index is 12.4. The van der Waals surface area contributed by atoms with Gasteiger partial charge in [-0.15, -0.1) is 11.3 Å². The highest BCUT2D eigenvalue weighted by atomic mass is 32.1. The normalized spacial score (nSPS) is 17.0. The molecule has 2 heterocycles. The zero-order valence-electron chi connectivity index (χ0n) is 15.6. The first-order chi connectivity index (χ1) is 13.6. The third-order valence-electron chi connectivity index (χ3n) is 4.39. The summed E-state index contributed by atoms with van der Waals surface area (Å²) in [5.41, 5.74) is 0.866. The zero-order chi connectivity index (χ0) is 19.9. The van der Waals surface area contributed by atoms with E-state index in [1.54, 1.807) is 13.0 Å². The number of likely N-dealkylation sites (tertiary alicyclic amines) is 1. The average Bonchev–Trinajstić information content (AvgIpc) is 3.13. The minimum atomic E-state index is -0.627. The van der Waals surface area contributed by atoms with Gasteiger partial charge in [-0.2, -0.15) is 0 Å². The topological polar surface area (TPSA) is 85.8 Å². The molecule has 0 N–H and O–H groups in total. The fourth-order valence-corrected chi connectivity index (χ4v) is 3.95. The predicted octanol–water partition coefficient (Wildman–Crippen LogP) is 2.80. The van der Waals surface area contributed by atoms with Crippen LogP contribution in [-0.4, -0.2) is 53.5 Å². The van der Waals surface area contributed by atoms with Gasteiger partial charge in [-0.1, -0.05) is 12.1 Å². The van der Waals surface area contributed by atoms with Crippen molar-refractivity contribution in [2.75, 3.05) is 19.8 Å². The van der Waals surface area contributed by atoms with E-state index in [1.807, 2.05) is 24.3 Å². The SMILES string of the molecule is CCOC(=O)[C@@H]1CCCCN1C(=O)COC(=O)/C=C/c1nc2ccccc2s1. The van der Waals surface area contributed by atoms with Crippen molar-refractivity contribution in [1.82, 2.24) is 9.88 Å². The highest BCUT2D eigenvalue weighted by Crippen LogP contribution is 2.22. The Balaban J connectivity index is 1.54. The number of benzene rings is 1. The molecule has 1 aliphatic heterocycles. The number of rotatable bonds is 6. The van der Waals surface area contributed by atoms with E-state index in [2.05, 4.69) is 4.98 Å². The van der Waals surface area contributed by atoms with Crippen molar-refractivity contribution < 1.29 is 23.9 Å². The number of hydrogen-bond donors (Lipinski definition) is 0. The molecule has 7 nitrogen and oxygen atoms in total. The summed E-state index contributed by atoms with van der Waals surface area (Å²) in [5, 5.41) is 0.683. The highest BCUT2D eigenvalue weighted by molar-refractivity contribution is 7.19. The highest BCUT2D eigenvalue weighted by Gasteiger charge is 2.33. The number of ether oxygens (including phenoxy) is 2.